The molecule has 4 nitrogen and oxygen atoms in total. The molecule has 0 saturated carbocycles. The first-order valence-electron chi connectivity index (χ1n) is 7.03. The van der Waals surface area contributed by atoms with Crippen LogP contribution in [-0.4, -0.2) is 27.8 Å². The van der Waals surface area contributed by atoms with Crippen molar-refractivity contribution in [1.29, 1.82) is 0 Å². The molecule has 0 N–H and O–H groups in total. The number of ether oxygens (including phenoxy) is 4. The Morgan fingerprint density at radius 1 is 0.783 bits per heavy atom. The highest BCUT2D eigenvalue weighted by atomic mass is 18.2. The van der Waals surface area contributed by atoms with E-state index in [4.69, 9.17) is 18.9 Å². The largest absolute Gasteiger partial charge is 0.467 e. The van der Waals surface area contributed by atoms with Gasteiger partial charge in [-0.2, -0.15) is 0 Å². The maximum atomic E-state index is 12.9. The number of hydrogen-bond acceptors (Lipinski definition) is 4. The zero-order valence-corrected chi connectivity index (χ0v) is 13.1. The van der Waals surface area contributed by atoms with E-state index in [9.17, 15) is 4.39 Å². The van der Waals surface area contributed by atoms with Gasteiger partial charge in [0.1, 0.15) is 17.3 Å². The van der Waals surface area contributed by atoms with Crippen molar-refractivity contribution in [3.8, 4) is 11.5 Å². The first kappa shape index (κ1) is 17.0. The predicted octanol–water partition coefficient (Wildman–Crippen LogP) is 3.96. The Kier molecular flexibility index (Phi) is 6.59. The highest BCUT2D eigenvalue weighted by Crippen LogP contribution is 2.24. The van der Waals surface area contributed by atoms with Gasteiger partial charge in [0.2, 0.25) is 0 Å². The minimum atomic E-state index is -0.257. The Morgan fingerprint density at radius 2 is 1.30 bits per heavy atom. The summed E-state index contributed by atoms with van der Waals surface area (Å²) < 4.78 is 33.6. The molecule has 0 saturated heterocycles. The van der Waals surface area contributed by atoms with E-state index < -0.39 is 0 Å². The van der Waals surface area contributed by atoms with Crippen LogP contribution in [0.25, 0.3) is 12.2 Å². The van der Waals surface area contributed by atoms with Gasteiger partial charge in [-0.25, -0.2) is 4.39 Å². The number of halogens is 1. The van der Waals surface area contributed by atoms with Crippen LogP contribution in [0.4, 0.5) is 4.39 Å². The minimum Gasteiger partial charge on any atom is -0.467 e. The Morgan fingerprint density at radius 3 is 1.83 bits per heavy atom. The molecule has 0 aliphatic heterocycles. The summed E-state index contributed by atoms with van der Waals surface area (Å²) in [7, 11) is 3.11. The van der Waals surface area contributed by atoms with E-state index in [1.54, 1.807) is 32.4 Å². The lowest BCUT2D eigenvalue weighted by Crippen LogP contribution is -2.02. The topological polar surface area (TPSA) is 36.9 Å². The van der Waals surface area contributed by atoms with Crippen molar-refractivity contribution in [1.82, 2.24) is 0 Å². The molecule has 0 unspecified atom stereocenters. The summed E-state index contributed by atoms with van der Waals surface area (Å²) in [5.74, 6) is 0.991. The van der Waals surface area contributed by atoms with Crippen LogP contribution in [0.3, 0.4) is 0 Å². The average molecular weight is 317 g/mol. The molecule has 0 fully saturated rings. The van der Waals surface area contributed by atoms with Crippen molar-refractivity contribution in [2.45, 2.75) is 0 Å². The SMILES string of the molecule is COCOc1cc(/C=C/c2ccc([18F])cc2)cc(OCOC)c1. The van der Waals surface area contributed by atoms with Crippen LogP contribution in [0.15, 0.2) is 42.5 Å². The standard InChI is InChI=1S/C18H19FO4/c1-20-12-22-17-9-15(10-18(11-17)23-13-21-2)4-3-14-5-7-16(19)8-6-14/h3-11H,12-13H2,1-2H3/b4-3+/i19-1. The highest BCUT2D eigenvalue weighted by molar-refractivity contribution is 5.71. The summed E-state index contributed by atoms with van der Waals surface area (Å²) in [4.78, 5) is 0. The second-order valence-electron chi connectivity index (χ2n) is 4.72. The van der Waals surface area contributed by atoms with Gasteiger partial charge in [-0.05, 0) is 35.4 Å². The molecule has 0 amide bonds. The molecule has 5 heteroatoms. The minimum absolute atomic E-state index is 0.148. The third-order valence-corrected chi connectivity index (χ3v) is 2.93. The molecule has 0 atom stereocenters. The van der Waals surface area contributed by atoms with Crippen LogP contribution < -0.4 is 9.47 Å². The van der Waals surface area contributed by atoms with Gasteiger partial charge in [-0.15, -0.1) is 0 Å². The van der Waals surface area contributed by atoms with Crippen LogP contribution in [-0.2, 0) is 9.47 Å². The molecule has 2 rings (SSSR count). The monoisotopic (exact) mass is 317 g/mol. The zero-order chi connectivity index (χ0) is 16.5. The van der Waals surface area contributed by atoms with Crippen molar-refractivity contribution in [2.24, 2.45) is 0 Å². The maximum Gasteiger partial charge on any atom is 0.188 e. The Balaban J connectivity index is 2.19. The summed E-state index contributed by atoms with van der Waals surface area (Å²) in [6.07, 6.45) is 3.78. The molecular weight excluding hydrogens is 298 g/mol. The molecule has 0 radical (unpaired) electrons. The lowest BCUT2D eigenvalue weighted by molar-refractivity contribution is 0.0460. The second-order valence-corrected chi connectivity index (χ2v) is 4.72. The van der Waals surface area contributed by atoms with E-state index in [2.05, 4.69) is 0 Å². The molecule has 0 aliphatic carbocycles. The highest BCUT2D eigenvalue weighted by Gasteiger charge is 2.02. The summed E-state index contributed by atoms with van der Waals surface area (Å²) in [6.45, 7) is 0.295. The van der Waals surface area contributed by atoms with Crippen molar-refractivity contribution in [3.63, 3.8) is 0 Å². The summed E-state index contributed by atoms with van der Waals surface area (Å²) in [5.41, 5.74) is 1.78. The Bertz CT molecular complexity index is 612. The first-order valence-corrected chi connectivity index (χ1v) is 7.03. The fraction of sp³-hybridized carbons (Fsp3) is 0.222. The van der Waals surface area contributed by atoms with E-state index in [1.807, 2.05) is 24.3 Å². The number of rotatable bonds is 8. The van der Waals surface area contributed by atoms with Crippen LogP contribution >= 0.6 is 0 Å². The quantitative estimate of drug-likeness (QED) is 0.545. The Hall–Kier alpha value is -2.37. The van der Waals surface area contributed by atoms with E-state index in [0.717, 1.165) is 11.1 Å². The third-order valence-electron chi connectivity index (χ3n) is 2.93. The first-order chi connectivity index (χ1) is 11.2. The van der Waals surface area contributed by atoms with Gasteiger partial charge in [0.15, 0.2) is 13.6 Å². The van der Waals surface area contributed by atoms with E-state index in [0.29, 0.717) is 11.5 Å². The van der Waals surface area contributed by atoms with Crippen LogP contribution in [0.1, 0.15) is 11.1 Å². The number of hydrogen-bond donors (Lipinski definition) is 0. The van der Waals surface area contributed by atoms with Crippen molar-refractivity contribution < 1.29 is 23.3 Å². The average Bonchev–Trinajstić information content (AvgIpc) is 2.57. The summed E-state index contributed by atoms with van der Waals surface area (Å²) in [6, 6.07) is 11.7. The molecule has 23 heavy (non-hydrogen) atoms. The van der Waals surface area contributed by atoms with E-state index in [1.165, 1.54) is 12.1 Å². The van der Waals surface area contributed by atoms with Crippen molar-refractivity contribution in [3.05, 3.63) is 59.4 Å². The van der Waals surface area contributed by atoms with Crippen molar-refractivity contribution >= 4 is 12.2 Å². The van der Waals surface area contributed by atoms with Gasteiger partial charge in [-0.3, -0.25) is 0 Å². The summed E-state index contributed by atoms with van der Waals surface area (Å²) >= 11 is 0. The zero-order valence-electron chi connectivity index (χ0n) is 13.1. The normalized spacial score (nSPS) is 10.9. The molecule has 0 bridgehead atoms. The maximum absolute atomic E-state index is 12.9. The number of benzene rings is 2. The van der Waals surface area contributed by atoms with Gasteiger partial charge < -0.3 is 18.9 Å². The Labute approximate surface area is 135 Å². The van der Waals surface area contributed by atoms with Crippen LogP contribution in [0, 0.1) is 5.82 Å². The summed E-state index contributed by atoms with van der Waals surface area (Å²) in [5, 5.41) is 0. The van der Waals surface area contributed by atoms with E-state index in [-0.39, 0.29) is 19.4 Å². The predicted molar refractivity (Wildman–Crippen MR) is 86.8 cm³/mol. The molecule has 2 aromatic carbocycles. The third kappa shape index (κ3) is 5.73. The van der Waals surface area contributed by atoms with Crippen molar-refractivity contribution in [2.75, 3.05) is 27.8 Å². The molecule has 2 aromatic rings. The lowest BCUT2D eigenvalue weighted by Gasteiger charge is -2.10. The molecule has 122 valence electrons. The van der Waals surface area contributed by atoms with Gasteiger partial charge in [0.25, 0.3) is 0 Å². The molecule has 0 spiro atoms. The smallest absolute Gasteiger partial charge is 0.188 e. The van der Waals surface area contributed by atoms with Gasteiger partial charge in [-0.1, -0.05) is 24.3 Å². The van der Waals surface area contributed by atoms with Crippen LogP contribution in [0.2, 0.25) is 0 Å². The van der Waals surface area contributed by atoms with Gasteiger partial charge >= 0.3 is 0 Å². The fourth-order valence-corrected chi connectivity index (χ4v) is 1.88. The fourth-order valence-electron chi connectivity index (χ4n) is 1.88. The molecule has 0 aliphatic rings. The van der Waals surface area contributed by atoms with Gasteiger partial charge in [0.05, 0.1) is 0 Å². The van der Waals surface area contributed by atoms with E-state index >= 15 is 0 Å². The lowest BCUT2D eigenvalue weighted by atomic mass is 10.1. The van der Waals surface area contributed by atoms with Gasteiger partial charge in [0, 0.05) is 20.3 Å². The molecule has 0 heterocycles. The van der Waals surface area contributed by atoms with Crippen LogP contribution in [0.5, 0.6) is 11.5 Å². The molecule has 0 aromatic heterocycles. The molecular formula is C18H19FO4. The second kappa shape index (κ2) is 8.92. The number of methoxy groups -OCH3 is 2.